The van der Waals surface area contributed by atoms with E-state index in [0.717, 1.165) is 5.56 Å². The molecule has 2 rings (SSSR count). The first-order valence-corrected chi connectivity index (χ1v) is 7.69. The Morgan fingerprint density at radius 1 is 1.04 bits per heavy atom. The lowest BCUT2D eigenvalue weighted by Crippen LogP contribution is -2.31. The van der Waals surface area contributed by atoms with Gasteiger partial charge in [-0.1, -0.05) is 24.3 Å². The van der Waals surface area contributed by atoms with Gasteiger partial charge in [0.15, 0.2) is 0 Å². The third kappa shape index (κ3) is 4.55. The highest BCUT2D eigenvalue weighted by Gasteiger charge is 2.13. The molecule has 0 aliphatic heterocycles. The summed E-state index contributed by atoms with van der Waals surface area (Å²) in [5.41, 5.74) is 1.28. The molecular weight excluding hydrogens is 306 g/mol. The zero-order valence-electron chi connectivity index (χ0n) is 14.0. The van der Waals surface area contributed by atoms with Crippen LogP contribution in [0.2, 0.25) is 0 Å². The van der Waals surface area contributed by atoms with Crippen LogP contribution in [0.1, 0.15) is 40.4 Å². The molecule has 0 aliphatic rings. The van der Waals surface area contributed by atoms with Crippen LogP contribution in [0, 0.1) is 0 Å². The molecule has 0 bridgehead atoms. The van der Waals surface area contributed by atoms with Crippen molar-refractivity contribution in [1.29, 1.82) is 0 Å². The molecule has 1 heterocycles. The minimum atomic E-state index is -0.347. The van der Waals surface area contributed by atoms with Gasteiger partial charge < -0.3 is 15.4 Å². The second kappa shape index (κ2) is 8.10. The first-order valence-electron chi connectivity index (χ1n) is 7.69. The summed E-state index contributed by atoms with van der Waals surface area (Å²) in [5.74, 6) is 0.0558. The highest BCUT2D eigenvalue weighted by Crippen LogP contribution is 2.16. The Hall–Kier alpha value is -2.89. The Bertz CT molecular complexity index is 729. The molecule has 0 aliphatic carbocycles. The van der Waals surface area contributed by atoms with E-state index >= 15 is 0 Å². The van der Waals surface area contributed by atoms with Crippen molar-refractivity contribution in [2.45, 2.75) is 26.4 Å². The topological polar surface area (TPSA) is 80.3 Å². The fraction of sp³-hybridized carbons (Fsp3) is 0.278. The highest BCUT2D eigenvalue weighted by molar-refractivity contribution is 5.96. The Balaban J connectivity index is 2.06. The molecule has 1 aromatic carbocycles. The molecule has 0 saturated carbocycles. The predicted octanol–water partition coefficient (Wildman–Crippen LogP) is 2.16. The molecule has 0 radical (unpaired) electrons. The van der Waals surface area contributed by atoms with E-state index in [4.69, 9.17) is 4.74 Å². The molecule has 2 aromatic rings. The van der Waals surface area contributed by atoms with Gasteiger partial charge in [0.25, 0.3) is 11.8 Å². The number of amides is 2. The molecule has 2 amide bonds. The summed E-state index contributed by atoms with van der Waals surface area (Å²) in [4.78, 5) is 28.4. The van der Waals surface area contributed by atoms with E-state index in [1.165, 1.54) is 0 Å². The lowest BCUT2D eigenvalue weighted by atomic mass is 10.2. The summed E-state index contributed by atoms with van der Waals surface area (Å²) >= 11 is 0. The van der Waals surface area contributed by atoms with Gasteiger partial charge >= 0.3 is 0 Å². The number of nitrogens with zero attached hydrogens (tertiary/aromatic N) is 1. The summed E-state index contributed by atoms with van der Waals surface area (Å²) in [6.45, 7) is 4.04. The normalized spacial score (nSPS) is 10.3. The first kappa shape index (κ1) is 17.5. The summed E-state index contributed by atoms with van der Waals surface area (Å²) in [6, 6.07) is 12.2. The SMILES string of the molecule is COc1ccccc1CNC(=O)c1cccc(C(=O)NC(C)C)n1. The molecule has 0 spiro atoms. The Labute approximate surface area is 141 Å². The summed E-state index contributed by atoms with van der Waals surface area (Å²) < 4.78 is 5.25. The average molecular weight is 327 g/mol. The van der Waals surface area contributed by atoms with Gasteiger partial charge in [0, 0.05) is 18.2 Å². The predicted molar refractivity (Wildman–Crippen MR) is 91.0 cm³/mol. The Morgan fingerprint density at radius 2 is 1.71 bits per heavy atom. The summed E-state index contributed by atoms with van der Waals surface area (Å²) in [7, 11) is 1.58. The van der Waals surface area contributed by atoms with Crippen molar-refractivity contribution in [2.75, 3.05) is 7.11 Å². The van der Waals surface area contributed by atoms with Crippen LogP contribution in [-0.4, -0.2) is 29.9 Å². The smallest absolute Gasteiger partial charge is 0.270 e. The van der Waals surface area contributed by atoms with Gasteiger partial charge in [-0.2, -0.15) is 0 Å². The van der Waals surface area contributed by atoms with Gasteiger partial charge in [0.1, 0.15) is 17.1 Å². The van der Waals surface area contributed by atoms with E-state index in [-0.39, 0.29) is 29.2 Å². The maximum Gasteiger partial charge on any atom is 0.270 e. The second-order valence-corrected chi connectivity index (χ2v) is 5.53. The summed E-state index contributed by atoms with van der Waals surface area (Å²) in [5, 5.41) is 5.53. The van der Waals surface area contributed by atoms with Gasteiger partial charge in [-0.05, 0) is 32.0 Å². The van der Waals surface area contributed by atoms with Crippen LogP contribution in [-0.2, 0) is 6.54 Å². The van der Waals surface area contributed by atoms with Gasteiger partial charge in [0.2, 0.25) is 0 Å². The summed E-state index contributed by atoms with van der Waals surface area (Å²) in [6.07, 6.45) is 0. The molecule has 0 unspecified atom stereocenters. The van der Waals surface area contributed by atoms with Gasteiger partial charge in [0.05, 0.1) is 7.11 Å². The number of pyridine rings is 1. The van der Waals surface area contributed by atoms with Gasteiger partial charge in [-0.25, -0.2) is 4.98 Å². The van der Waals surface area contributed by atoms with Crippen molar-refractivity contribution in [3.8, 4) is 5.75 Å². The minimum Gasteiger partial charge on any atom is -0.496 e. The van der Waals surface area contributed by atoms with Crippen molar-refractivity contribution < 1.29 is 14.3 Å². The standard InChI is InChI=1S/C18H21N3O3/c1-12(2)20-18(23)15-9-6-8-14(21-15)17(22)19-11-13-7-4-5-10-16(13)24-3/h4-10,12H,11H2,1-3H3,(H,19,22)(H,20,23). The lowest BCUT2D eigenvalue weighted by molar-refractivity contribution is 0.0936. The number of para-hydroxylation sites is 1. The third-order valence-corrected chi connectivity index (χ3v) is 3.27. The van der Waals surface area contributed by atoms with Gasteiger partial charge in [-0.3, -0.25) is 9.59 Å². The van der Waals surface area contributed by atoms with Crippen molar-refractivity contribution in [3.05, 3.63) is 59.4 Å². The fourth-order valence-electron chi connectivity index (χ4n) is 2.14. The second-order valence-electron chi connectivity index (χ2n) is 5.53. The number of carbonyl (C=O) groups excluding carboxylic acids is 2. The number of aromatic nitrogens is 1. The van der Waals surface area contributed by atoms with Gasteiger partial charge in [-0.15, -0.1) is 0 Å². The van der Waals surface area contributed by atoms with Crippen LogP contribution in [0.15, 0.2) is 42.5 Å². The van der Waals surface area contributed by atoms with Crippen LogP contribution in [0.5, 0.6) is 5.75 Å². The number of hydrogen-bond acceptors (Lipinski definition) is 4. The number of rotatable bonds is 6. The maximum atomic E-state index is 12.3. The highest BCUT2D eigenvalue weighted by atomic mass is 16.5. The zero-order valence-corrected chi connectivity index (χ0v) is 14.0. The molecule has 0 saturated heterocycles. The quantitative estimate of drug-likeness (QED) is 0.852. The van der Waals surface area contributed by atoms with E-state index < -0.39 is 0 Å². The van der Waals surface area contributed by atoms with E-state index in [1.54, 1.807) is 25.3 Å². The maximum absolute atomic E-state index is 12.3. The largest absolute Gasteiger partial charge is 0.496 e. The minimum absolute atomic E-state index is 0.00216. The molecule has 0 atom stereocenters. The molecule has 126 valence electrons. The number of hydrogen-bond donors (Lipinski definition) is 2. The fourth-order valence-corrected chi connectivity index (χ4v) is 2.14. The molecule has 6 nitrogen and oxygen atoms in total. The molecule has 1 aromatic heterocycles. The molecule has 24 heavy (non-hydrogen) atoms. The number of nitrogens with one attached hydrogen (secondary N) is 2. The van der Waals surface area contributed by atoms with Crippen LogP contribution in [0.25, 0.3) is 0 Å². The van der Waals surface area contributed by atoms with E-state index in [2.05, 4.69) is 15.6 Å². The molecule has 2 N–H and O–H groups in total. The molecule has 6 heteroatoms. The van der Waals surface area contributed by atoms with Crippen molar-refractivity contribution >= 4 is 11.8 Å². The number of methoxy groups -OCH3 is 1. The average Bonchev–Trinajstić information content (AvgIpc) is 2.59. The van der Waals surface area contributed by atoms with E-state index in [0.29, 0.717) is 12.3 Å². The number of carbonyl (C=O) groups is 2. The number of benzene rings is 1. The van der Waals surface area contributed by atoms with Crippen LogP contribution in [0.4, 0.5) is 0 Å². The lowest BCUT2D eigenvalue weighted by Gasteiger charge is -2.10. The van der Waals surface area contributed by atoms with Crippen LogP contribution >= 0.6 is 0 Å². The van der Waals surface area contributed by atoms with Crippen molar-refractivity contribution in [2.24, 2.45) is 0 Å². The van der Waals surface area contributed by atoms with Crippen LogP contribution in [0.3, 0.4) is 0 Å². The Morgan fingerprint density at radius 3 is 2.38 bits per heavy atom. The van der Waals surface area contributed by atoms with E-state index in [1.807, 2.05) is 38.1 Å². The van der Waals surface area contributed by atoms with Crippen molar-refractivity contribution in [1.82, 2.24) is 15.6 Å². The number of ether oxygens (including phenoxy) is 1. The Kier molecular flexibility index (Phi) is 5.89. The molecule has 0 fully saturated rings. The van der Waals surface area contributed by atoms with E-state index in [9.17, 15) is 9.59 Å². The monoisotopic (exact) mass is 327 g/mol. The van der Waals surface area contributed by atoms with Crippen LogP contribution < -0.4 is 15.4 Å². The zero-order chi connectivity index (χ0) is 17.5. The third-order valence-electron chi connectivity index (χ3n) is 3.27. The molecular formula is C18H21N3O3. The first-order chi connectivity index (χ1) is 11.5. The van der Waals surface area contributed by atoms with Crippen molar-refractivity contribution in [3.63, 3.8) is 0 Å².